The van der Waals surface area contributed by atoms with E-state index in [-0.39, 0.29) is 6.54 Å². The Hall–Kier alpha value is -0.780. The number of carbonyl (C=O) groups is 1. The van der Waals surface area contributed by atoms with Crippen molar-refractivity contribution >= 4 is 5.97 Å². The maximum atomic E-state index is 11.7. The van der Waals surface area contributed by atoms with Crippen molar-refractivity contribution in [3.63, 3.8) is 0 Å². The van der Waals surface area contributed by atoms with E-state index in [4.69, 9.17) is 5.11 Å². The maximum Gasteiger partial charge on any atom is 0.401 e. The van der Waals surface area contributed by atoms with Crippen LogP contribution in [0.3, 0.4) is 0 Å². The van der Waals surface area contributed by atoms with Gasteiger partial charge in [0.15, 0.2) is 0 Å². The fourth-order valence-corrected chi connectivity index (χ4v) is 1.14. The van der Waals surface area contributed by atoms with Gasteiger partial charge in [0, 0.05) is 6.54 Å². The Morgan fingerprint density at radius 3 is 2.42 bits per heavy atom. The van der Waals surface area contributed by atoms with Gasteiger partial charge in [0.05, 0.1) is 6.54 Å². The van der Waals surface area contributed by atoms with Crippen molar-refractivity contribution < 1.29 is 23.1 Å². The largest absolute Gasteiger partial charge is 0.480 e. The Morgan fingerprint density at radius 2 is 2.17 bits per heavy atom. The zero-order valence-electron chi connectivity index (χ0n) is 6.14. The van der Waals surface area contributed by atoms with Gasteiger partial charge in [-0.05, 0) is 6.42 Å². The van der Waals surface area contributed by atoms with Gasteiger partial charge in [-0.3, -0.25) is 9.69 Å². The molecule has 1 N–H and O–H groups in total. The Kier molecular flexibility index (Phi) is 2.27. The second-order valence-corrected chi connectivity index (χ2v) is 2.73. The van der Waals surface area contributed by atoms with Crippen molar-refractivity contribution in [1.82, 2.24) is 4.90 Å². The normalized spacial score (nSPS) is 25.1. The fourth-order valence-electron chi connectivity index (χ4n) is 1.14. The van der Waals surface area contributed by atoms with Crippen LogP contribution >= 0.6 is 0 Å². The van der Waals surface area contributed by atoms with E-state index < -0.39 is 24.7 Å². The SMILES string of the molecule is O=C(O)C1CCN1CC(F)(F)F. The van der Waals surface area contributed by atoms with E-state index in [1.807, 2.05) is 0 Å². The lowest BCUT2D eigenvalue weighted by atomic mass is 10.0. The van der Waals surface area contributed by atoms with Gasteiger partial charge in [-0.1, -0.05) is 0 Å². The van der Waals surface area contributed by atoms with Gasteiger partial charge >= 0.3 is 12.1 Å². The first-order chi connectivity index (χ1) is 5.40. The van der Waals surface area contributed by atoms with Gasteiger partial charge in [0.25, 0.3) is 0 Å². The highest BCUT2D eigenvalue weighted by Gasteiger charge is 2.41. The first kappa shape index (κ1) is 9.31. The predicted octanol–water partition coefficient (Wildman–Crippen LogP) is 0.708. The summed E-state index contributed by atoms with van der Waals surface area (Å²) in [6.45, 7) is -0.902. The number of alkyl halides is 3. The molecule has 1 rings (SSSR count). The molecular weight excluding hydrogens is 175 g/mol. The second-order valence-electron chi connectivity index (χ2n) is 2.73. The zero-order valence-corrected chi connectivity index (χ0v) is 6.14. The summed E-state index contributed by atoms with van der Waals surface area (Å²) in [4.78, 5) is 11.2. The molecule has 1 unspecified atom stereocenters. The highest BCUT2D eigenvalue weighted by atomic mass is 19.4. The van der Waals surface area contributed by atoms with Crippen LogP contribution in [-0.2, 0) is 4.79 Å². The Labute approximate surface area is 66.8 Å². The summed E-state index contributed by atoms with van der Waals surface area (Å²) < 4.78 is 35.2. The summed E-state index contributed by atoms with van der Waals surface area (Å²) in [5, 5.41) is 8.39. The number of aliphatic carboxylic acids is 1. The van der Waals surface area contributed by atoms with Gasteiger partial charge in [-0.2, -0.15) is 13.2 Å². The van der Waals surface area contributed by atoms with Crippen LogP contribution in [0, 0.1) is 0 Å². The minimum absolute atomic E-state index is 0.219. The molecule has 1 heterocycles. The van der Waals surface area contributed by atoms with Crippen molar-refractivity contribution in [3.8, 4) is 0 Å². The average molecular weight is 183 g/mol. The lowest BCUT2D eigenvalue weighted by Gasteiger charge is -2.38. The zero-order chi connectivity index (χ0) is 9.35. The maximum absolute atomic E-state index is 11.7. The van der Waals surface area contributed by atoms with Crippen LogP contribution in [0.15, 0.2) is 0 Å². The smallest absolute Gasteiger partial charge is 0.401 e. The van der Waals surface area contributed by atoms with E-state index in [1.54, 1.807) is 0 Å². The standard InChI is InChI=1S/C6H8F3NO2/c7-6(8,9)3-10-2-1-4(10)5(11)12/h4H,1-3H2,(H,11,12). The van der Waals surface area contributed by atoms with E-state index in [0.717, 1.165) is 4.90 Å². The molecule has 1 aliphatic rings. The van der Waals surface area contributed by atoms with Crippen molar-refractivity contribution in [2.75, 3.05) is 13.1 Å². The van der Waals surface area contributed by atoms with Crippen molar-refractivity contribution in [2.45, 2.75) is 18.6 Å². The number of rotatable bonds is 2. The molecule has 1 atom stereocenters. The molecule has 6 heteroatoms. The molecule has 0 aromatic heterocycles. The molecule has 1 fully saturated rings. The first-order valence-electron chi connectivity index (χ1n) is 3.44. The first-order valence-corrected chi connectivity index (χ1v) is 3.44. The number of hydrogen-bond donors (Lipinski definition) is 1. The summed E-state index contributed by atoms with van der Waals surface area (Å²) in [7, 11) is 0. The van der Waals surface area contributed by atoms with Crippen LogP contribution in [0.5, 0.6) is 0 Å². The third-order valence-electron chi connectivity index (χ3n) is 1.80. The van der Waals surface area contributed by atoms with Crippen LogP contribution in [0.1, 0.15) is 6.42 Å². The minimum atomic E-state index is -4.30. The van der Waals surface area contributed by atoms with Gasteiger partial charge in [0.1, 0.15) is 6.04 Å². The third kappa shape index (κ3) is 2.10. The molecule has 1 aliphatic heterocycles. The van der Waals surface area contributed by atoms with Gasteiger partial charge in [-0.25, -0.2) is 0 Å². The number of likely N-dealkylation sites (tertiary alicyclic amines) is 1. The highest BCUT2D eigenvalue weighted by Crippen LogP contribution is 2.24. The fraction of sp³-hybridized carbons (Fsp3) is 0.833. The monoisotopic (exact) mass is 183 g/mol. The van der Waals surface area contributed by atoms with Crippen molar-refractivity contribution in [1.29, 1.82) is 0 Å². The molecule has 0 aromatic rings. The molecule has 12 heavy (non-hydrogen) atoms. The molecule has 0 aliphatic carbocycles. The molecule has 0 amide bonds. The molecule has 0 bridgehead atoms. The van der Waals surface area contributed by atoms with Crippen LogP contribution in [0.25, 0.3) is 0 Å². The van der Waals surface area contributed by atoms with Crippen LogP contribution < -0.4 is 0 Å². The molecular formula is C6H8F3NO2. The van der Waals surface area contributed by atoms with E-state index >= 15 is 0 Å². The predicted molar refractivity (Wildman–Crippen MR) is 33.7 cm³/mol. The van der Waals surface area contributed by atoms with Gasteiger partial charge in [0.2, 0.25) is 0 Å². The summed E-state index contributed by atoms with van der Waals surface area (Å²) in [6, 6.07) is -0.938. The topological polar surface area (TPSA) is 40.5 Å². The average Bonchev–Trinajstić information content (AvgIpc) is 1.77. The molecule has 0 saturated carbocycles. The number of carboxylic acid groups (broad SMARTS) is 1. The van der Waals surface area contributed by atoms with E-state index in [0.29, 0.717) is 6.42 Å². The van der Waals surface area contributed by atoms with Crippen LogP contribution in [0.4, 0.5) is 13.2 Å². The Balaban J connectivity index is 2.40. The van der Waals surface area contributed by atoms with E-state index in [1.165, 1.54) is 0 Å². The molecule has 70 valence electrons. The van der Waals surface area contributed by atoms with Crippen molar-refractivity contribution in [3.05, 3.63) is 0 Å². The minimum Gasteiger partial charge on any atom is -0.480 e. The summed E-state index contributed by atoms with van der Waals surface area (Å²) >= 11 is 0. The molecule has 0 spiro atoms. The summed E-state index contributed by atoms with van der Waals surface area (Å²) in [5.41, 5.74) is 0. The molecule has 3 nitrogen and oxygen atoms in total. The van der Waals surface area contributed by atoms with Crippen molar-refractivity contribution in [2.24, 2.45) is 0 Å². The summed E-state index contributed by atoms with van der Waals surface area (Å²) in [5.74, 6) is -1.18. The van der Waals surface area contributed by atoms with Crippen LogP contribution in [0.2, 0.25) is 0 Å². The van der Waals surface area contributed by atoms with Gasteiger partial charge in [-0.15, -0.1) is 0 Å². The molecule has 0 radical (unpaired) electrons. The van der Waals surface area contributed by atoms with Crippen LogP contribution in [-0.4, -0.2) is 41.3 Å². The lowest BCUT2D eigenvalue weighted by Crippen LogP contribution is -2.55. The number of hydrogen-bond acceptors (Lipinski definition) is 2. The van der Waals surface area contributed by atoms with E-state index in [9.17, 15) is 18.0 Å². The number of carboxylic acids is 1. The molecule has 0 aromatic carbocycles. The number of nitrogens with zero attached hydrogens (tertiary/aromatic N) is 1. The molecule has 1 saturated heterocycles. The lowest BCUT2D eigenvalue weighted by molar-refractivity contribution is -0.173. The second kappa shape index (κ2) is 2.93. The quantitative estimate of drug-likeness (QED) is 0.685. The Bertz CT molecular complexity index is 192. The Morgan fingerprint density at radius 1 is 1.58 bits per heavy atom. The number of halogens is 3. The van der Waals surface area contributed by atoms with E-state index in [2.05, 4.69) is 0 Å². The summed E-state index contributed by atoms with van der Waals surface area (Å²) in [6.07, 6.45) is -3.99. The third-order valence-corrected chi connectivity index (χ3v) is 1.80. The highest BCUT2D eigenvalue weighted by molar-refractivity contribution is 5.74. The van der Waals surface area contributed by atoms with Gasteiger partial charge < -0.3 is 5.11 Å².